The van der Waals surface area contributed by atoms with Crippen molar-refractivity contribution in [1.29, 1.82) is 0 Å². The molecule has 1 N–H and O–H groups in total. The number of nitrogens with zero attached hydrogens (tertiary/aromatic N) is 1. The maximum atomic E-state index is 12.6. The number of carbonyl (C=O) groups is 2. The van der Waals surface area contributed by atoms with Crippen molar-refractivity contribution < 1.29 is 29.4 Å². The lowest BCUT2D eigenvalue weighted by atomic mass is 10.0. The smallest absolute Gasteiger partial charge is 0.347 e. The third-order valence-corrected chi connectivity index (χ3v) is 7.55. The van der Waals surface area contributed by atoms with E-state index in [0.29, 0.717) is 17.7 Å². The summed E-state index contributed by atoms with van der Waals surface area (Å²) in [5, 5.41) is 19.7. The highest BCUT2D eigenvalue weighted by atomic mass is 32.9. The molecule has 0 fully saturated rings. The Morgan fingerprint density at radius 1 is 1.15 bits per heavy atom. The molecular formula is C22H19NO7S3. The third-order valence-electron chi connectivity index (χ3n) is 4.64. The molecule has 3 aromatic rings. The Morgan fingerprint density at radius 2 is 1.88 bits per heavy atom. The topological polar surface area (TPSA) is 116 Å². The first-order chi connectivity index (χ1) is 15.7. The Balaban J connectivity index is 1.67. The SMILES string of the molecule is CCC(CC(=O)Cc1ccc(O)c(C(=O)Oc2ccc(-c3cc(=S)ss3)cc2)c1)O[N+](=O)[O-]. The van der Waals surface area contributed by atoms with E-state index in [2.05, 4.69) is 4.84 Å². The summed E-state index contributed by atoms with van der Waals surface area (Å²) < 4.78 is 6.17. The number of ether oxygens (including phenoxy) is 1. The van der Waals surface area contributed by atoms with Crippen LogP contribution in [0.1, 0.15) is 35.7 Å². The third kappa shape index (κ3) is 6.91. The number of hydrogen-bond acceptors (Lipinski definition) is 10. The van der Waals surface area contributed by atoms with Gasteiger partial charge in [0.1, 0.15) is 32.8 Å². The van der Waals surface area contributed by atoms with Crippen LogP contribution in [0, 0.1) is 13.9 Å². The second-order valence-electron chi connectivity index (χ2n) is 7.04. The standard InChI is InChI=1S/C22H19NO7S3/c1-2-16(30-23(27)28)11-15(24)9-13-3-8-19(25)18(10-13)22(26)29-17-6-4-14(5-7-17)20-12-21(31)33-32-20/h3-8,10,12,16,25H,2,9,11H2,1H3. The number of esters is 1. The molecule has 0 saturated heterocycles. The van der Waals surface area contributed by atoms with Crippen LogP contribution in [-0.4, -0.2) is 28.0 Å². The predicted molar refractivity (Wildman–Crippen MR) is 127 cm³/mol. The van der Waals surface area contributed by atoms with E-state index in [1.165, 1.54) is 28.5 Å². The molecule has 2 aromatic carbocycles. The molecule has 0 spiro atoms. The van der Waals surface area contributed by atoms with Crippen molar-refractivity contribution in [3.8, 4) is 21.9 Å². The number of phenolic OH excluding ortho intramolecular Hbond substituents is 1. The molecule has 1 heterocycles. The van der Waals surface area contributed by atoms with Crippen molar-refractivity contribution in [2.75, 3.05) is 0 Å². The van der Waals surface area contributed by atoms with E-state index in [1.807, 2.05) is 18.2 Å². The van der Waals surface area contributed by atoms with Crippen LogP contribution >= 0.6 is 32.9 Å². The van der Waals surface area contributed by atoms with Crippen molar-refractivity contribution in [1.82, 2.24) is 0 Å². The molecule has 0 aliphatic rings. The van der Waals surface area contributed by atoms with E-state index in [9.17, 15) is 24.8 Å². The minimum absolute atomic E-state index is 0.0700. The predicted octanol–water partition coefficient (Wildman–Crippen LogP) is 5.62. The van der Waals surface area contributed by atoms with Gasteiger partial charge in [0.25, 0.3) is 5.09 Å². The van der Waals surface area contributed by atoms with Gasteiger partial charge in [-0.2, -0.15) is 0 Å². The first-order valence-corrected chi connectivity index (χ1v) is 12.4. The molecule has 33 heavy (non-hydrogen) atoms. The Kier molecular flexibility index (Phi) is 8.26. The number of hydrogen-bond donors (Lipinski definition) is 1. The lowest BCUT2D eigenvalue weighted by Crippen LogP contribution is -2.21. The number of benzene rings is 2. The minimum atomic E-state index is -0.917. The molecule has 172 valence electrons. The molecule has 3 rings (SSSR count). The van der Waals surface area contributed by atoms with Gasteiger partial charge >= 0.3 is 5.97 Å². The molecule has 1 atom stereocenters. The van der Waals surface area contributed by atoms with Gasteiger partial charge in [-0.05, 0) is 60.0 Å². The fourth-order valence-electron chi connectivity index (χ4n) is 3.01. The molecule has 11 heteroatoms. The van der Waals surface area contributed by atoms with E-state index in [4.69, 9.17) is 17.0 Å². The van der Waals surface area contributed by atoms with Gasteiger partial charge in [-0.15, -0.1) is 10.1 Å². The summed E-state index contributed by atoms with van der Waals surface area (Å²) in [5.74, 6) is -1.05. The minimum Gasteiger partial charge on any atom is -0.507 e. The molecule has 0 saturated carbocycles. The van der Waals surface area contributed by atoms with Gasteiger partial charge in [-0.1, -0.05) is 45.9 Å². The summed E-state index contributed by atoms with van der Waals surface area (Å²) >= 11 is 5.14. The van der Waals surface area contributed by atoms with Gasteiger partial charge in [-0.3, -0.25) is 4.79 Å². The molecule has 0 aliphatic carbocycles. The maximum Gasteiger partial charge on any atom is 0.347 e. The lowest BCUT2D eigenvalue weighted by molar-refractivity contribution is -0.768. The van der Waals surface area contributed by atoms with Crippen molar-refractivity contribution >= 4 is 44.7 Å². The lowest BCUT2D eigenvalue weighted by Gasteiger charge is -2.12. The molecule has 8 nitrogen and oxygen atoms in total. The van der Waals surface area contributed by atoms with Crippen LogP contribution in [0.15, 0.2) is 48.5 Å². The van der Waals surface area contributed by atoms with Crippen LogP contribution in [-0.2, 0) is 16.1 Å². The van der Waals surface area contributed by atoms with Crippen molar-refractivity contribution in [2.45, 2.75) is 32.3 Å². The number of aromatic hydroxyl groups is 1. The molecule has 0 bridgehead atoms. The fraction of sp³-hybridized carbons (Fsp3) is 0.227. The molecule has 0 radical (unpaired) electrons. The van der Waals surface area contributed by atoms with Crippen LogP contribution in [0.4, 0.5) is 0 Å². The largest absolute Gasteiger partial charge is 0.507 e. The zero-order valence-corrected chi connectivity index (χ0v) is 19.8. The second kappa shape index (κ2) is 11.1. The van der Waals surface area contributed by atoms with Crippen LogP contribution in [0.3, 0.4) is 0 Å². The maximum absolute atomic E-state index is 12.6. The Hall–Kier alpha value is -3.15. The van der Waals surface area contributed by atoms with Crippen molar-refractivity contribution in [2.24, 2.45) is 0 Å². The highest BCUT2D eigenvalue weighted by molar-refractivity contribution is 7.80. The zero-order valence-electron chi connectivity index (χ0n) is 17.4. The summed E-state index contributed by atoms with van der Waals surface area (Å²) in [7, 11) is 3.07. The summed E-state index contributed by atoms with van der Waals surface area (Å²) in [6.45, 7) is 1.68. The average molecular weight is 506 g/mol. The number of rotatable bonds is 10. The Morgan fingerprint density at radius 3 is 2.48 bits per heavy atom. The van der Waals surface area contributed by atoms with Crippen LogP contribution in [0.2, 0.25) is 0 Å². The quantitative estimate of drug-likeness (QED) is 0.0942. The van der Waals surface area contributed by atoms with E-state index < -0.39 is 17.2 Å². The van der Waals surface area contributed by atoms with Gasteiger partial charge in [0, 0.05) is 17.7 Å². The fourth-order valence-corrected chi connectivity index (χ4v) is 5.41. The molecule has 1 aromatic heterocycles. The summed E-state index contributed by atoms with van der Waals surface area (Å²) in [4.78, 5) is 40.9. The van der Waals surface area contributed by atoms with Gasteiger partial charge < -0.3 is 14.7 Å². The van der Waals surface area contributed by atoms with Crippen molar-refractivity contribution in [3.63, 3.8) is 0 Å². The number of Topliss-reactive ketones (excluding diaryl/α,β-unsaturated/α-hetero) is 1. The first-order valence-electron chi connectivity index (χ1n) is 9.82. The van der Waals surface area contributed by atoms with E-state index >= 15 is 0 Å². The Labute approximate surface area is 201 Å². The van der Waals surface area contributed by atoms with Gasteiger partial charge in [0.05, 0.1) is 0 Å². The summed E-state index contributed by atoms with van der Waals surface area (Å²) in [6.07, 6.45) is -0.730. The highest BCUT2D eigenvalue weighted by Gasteiger charge is 2.19. The monoisotopic (exact) mass is 505 g/mol. The van der Waals surface area contributed by atoms with E-state index in [1.54, 1.807) is 29.4 Å². The molecule has 0 aliphatic heterocycles. The van der Waals surface area contributed by atoms with Gasteiger partial charge in [0.15, 0.2) is 0 Å². The zero-order chi connectivity index (χ0) is 24.0. The first kappa shape index (κ1) is 24.5. The van der Waals surface area contributed by atoms with E-state index in [0.717, 1.165) is 14.3 Å². The molecule has 0 amide bonds. The van der Waals surface area contributed by atoms with Crippen LogP contribution < -0.4 is 4.74 Å². The van der Waals surface area contributed by atoms with E-state index in [-0.39, 0.29) is 29.9 Å². The van der Waals surface area contributed by atoms with Crippen LogP contribution in [0.25, 0.3) is 10.4 Å². The Bertz CT molecular complexity index is 1220. The van der Waals surface area contributed by atoms with Crippen LogP contribution in [0.5, 0.6) is 11.5 Å². The summed E-state index contributed by atoms with van der Waals surface area (Å²) in [5.41, 5.74) is 1.32. The normalized spacial score (nSPS) is 11.5. The van der Waals surface area contributed by atoms with Gasteiger partial charge in [-0.25, -0.2) is 4.79 Å². The molecular weight excluding hydrogens is 486 g/mol. The van der Waals surface area contributed by atoms with Crippen molar-refractivity contribution in [3.05, 3.63) is 73.6 Å². The number of phenols is 1. The summed E-state index contributed by atoms with van der Waals surface area (Å²) in [6, 6.07) is 13.0. The van der Waals surface area contributed by atoms with Gasteiger partial charge in [0.2, 0.25) is 0 Å². The molecule has 1 unspecified atom stereocenters. The second-order valence-corrected chi connectivity index (χ2v) is 9.95. The number of carbonyl (C=O) groups excluding carboxylic acids is 2. The highest BCUT2D eigenvalue weighted by Crippen LogP contribution is 2.31. The number of ketones is 1. The average Bonchev–Trinajstić information content (AvgIpc) is 3.21.